The van der Waals surface area contributed by atoms with Crippen LogP contribution in [0.15, 0.2) is 72.0 Å². The Kier molecular flexibility index (Phi) is 8.89. The molecule has 2 unspecified atom stereocenters. The van der Waals surface area contributed by atoms with Crippen LogP contribution in [-0.2, 0) is 15.6 Å². The standard InChI is InChI=1S/C36H46N2O4/c1-35(2)27-15-7-9-17-29(27)37(19-11-5-13-21-39)31(35)23-25-33(41)26(34(25)42)24-32-36(3,4)28-16-8-10-18-30(28)38(32)20-12-6-14-22-40/h7-10,15-18,23-25,33,39-40H,5-6,11-14,19-22H2,1-4H3. The highest BCUT2D eigenvalue weighted by atomic mass is 16.3. The van der Waals surface area contributed by atoms with Crippen molar-refractivity contribution < 1.29 is 24.7 Å². The fourth-order valence-corrected chi connectivity index (χ4v) is 7.04. The number of carbonyl (C=O) groups is 1. The lowest BCUT2D eigenvalue weighted by atomic mass is 9.71. The zero-order valence-corrected chi connectivity index (χ0v) is 25.6. The summed E-state index contributed by atoms with van der Waals surface area (Å²) in [6.07, 6.45) is 7.97. The molecule has 1 saturated carbocycles. The number of aliphatic hydroxyl groups is 2. The van der Waals surface area contributed by atoms with E-state index in [2.05, 4.69) is 61.4 Å². The quantitative estimate of drug-likeness (QED) is 0.215. The zero-order valence-electron chi connectivity index (χ0n) is 25.6. The van der Waals surface area contributed by atoms with E-state index in [0.717, 1.165) is 74.4 Å². The number of ketones is 1. The number of anilines is 1. The van der Waals surface area contributed by atoms with Crippen LogP contribution in [0.1, 0.15) is 77.3 Å². The van der Waals surface area contributed by atoms with Crippen LogP contribution in [-0.4, -0.2) is 58.7 Å². The molecule has 224 valence electrons. The molecular weight excluding hydrogens is 524 g/mol. The molecule has 0 spiro atoms. The van der Waals surface area contributed by atoms with Crippen LogP contribution in [0, 0.1) is 5.92 Å². The fourth-order valence-electron chi connectivity index (χ4n) is 7.04. The minimum atomic E-state index is -1.11. The first-order chi connectivity index (χ1) is 20.1. The summed E-state index contributed by atoms with van der Waals surface area (Å²) in [5.41, 5.74) is 6.44. The minimum absolute atomic E-state index is 0.0750. The van der Waals surface area contributed by atoms with Gasteiger partial charge < -0.3 is 20.2 Å². The van der Waals surface area contributed by atoms with Gasteiger partial charge in [-0.2, -0.15) is 4.58 Å². The number of carbonyl (C=O) groups excluding carboxylic acids is 1. The number of hydrogen-bond donors (Lipinski definition) is 2. The molecule has 1 fully saturated rings. The monoisotopic (exact) mass is 570 g/mol. The van der Waals surface area contributed by atoms with Crippen molar-refractivity contribution in [1.82, 2.24) is 0 Å². The summed E-state index contributed by atoms with van der Waals surface area (Å²) >= 11 is 0. The summed E-state index contributed by atoms with van der Waals surface area (Å²) in [5, 5.41) is 32.3. The smallest absolute Gasteiger partial charge is 0.209 e. The Morgan fingerprint density at radius 1 is 0.857 bits per heavy atom. The Labute approximate surface area is 250 Å². The normalized spacial score (nSPS) is 24.0. The van der Waals surface area contributed by atoms with Gasteiger partial charge in [-0.25, -0.2) is 0 Å². The van der Waals surface area contributed by atoms with E-state index in [0.29, 0.717) is 5.57 Å². The SMILES string of the molecule is CC1(C)C(=CC2C(=O)C(=CC3=[N+](CCCCCO)c4ccccc4C3(C)C)C2[O-])N(CCCCCO)c2ccccc21. The van der Waals surface area contributed by atoms with E-state index >= 15 is 0 Å². The molecule has 5 rings (SSSR count). The van der Waals surface area contributed by atoms with Crippen molar-refractivity contribution in [3.63, 3.8) is 0 Å². The average Bonchev–Trinajstić information content (AvgIpc) is 3.33. The second kappa shape index (κ2) is 12.3. The Morgan fingerprint density at radius 2 is 1.50 bits per heavy atom. The van der Waals surface area contributed by atoms with Crippen molar-refractivity contribution in [2.45, 2.75) is 83.2 Å². The number of unbranched alkanes of at least 4 members (excludes halogenated alkanes) is 4. The first-order valence-electron chi connectivity index (χ1n) is 15.6. The van der Waals surface area contributed by atoms with Crippen LogP contribution >= 0.6 is 0 Å². The van der Waals surface area contributed by atoms with Gasteiger partial charge in [-0.15, -0.1) is 0 Å². The Balaban J connectivity index is 1.45. The first-order valence-corrected chi connectivity index (χ1v) is 15.6. The lowest BCUT2D eigenvalue weighted by molar-refractivity contribution is -0.438. The number of hydrogen-bond acceptors (Lipinski definition) is 5. The minimum Gasteiger partial charge on any atom is -0.848 e. The van der Waals surface area contributed by atoms with Gasteiger partial charge in [0.2, 0.25) is 5.69 Å². The summed E-state index contributed by atoms with van der Waals surface area (Å²) in [6.45, 7) is 10.6. The summed E-state index contributed by atoms with van der Waals surface area (Å²) < 4.78 is 2.27. The summed E-state index contributed by atoms with van der Waals surface area (Å²) in [5.74, 6) is -0.765. The highest BCUT2D eigenvalue weighted by Gasteiger charge is 2.47. The van der Waals surface area contributed by atoms with Gasteiger partial charge in [0.25, 0.3) is 0 Å². The molecule has 6 nitrogen and oxygen atoms in total. The van der Waals surface area contributed by atoms with Crippen molar-refractivity contribution in [1.29, 1.82) is 0 Å². The molecule has 0 amide bonds. The topological polar surface area (TPSA) is 86.8 Å². The molecule has 1 aliphatic carbocycles. The average molecular weight is 571 g/mol. The number of fused-ring (bicyclic) bond motifs is 2. The third-order valence-corrected chi connectivity index (χ3v) is 9.53. The number of para-hydroxylation sites is 2. The van der Waals surface area contributed by atoms with E-state index in [1.165, 1.54) is 11.1 Å². The van der Waals surface area contributed by atoms with Crippen molar-refractivity contribution in [2.24, 2.45) is 5.92 Å². The van der Waals surface area contributed by atoms with Crippen molar-refractivity contribution in [3.05, 3.63) is 83.1 Å². The molecule has 2 aromatic carbocycles. The third kappa shape index (κ3) is 5.29. The maximum atomic E-state index is 13.8. The first kappa shape index (κ1) is 30.4. The maximum absolute atomic E-state index is 13.8. The molecule has 2 heterocycles. The van der Waals surface area contributed by atoms with Crippen molar-refractivity contribution in [3.8, 4) is 0 Å². The molecule has 2 atom stereocenters. The molecule has 0 saturated heterocycles. The largest absolute Gasteiger partial charge is 0.848 e. The molecule has 0 bridgehead atoms. The van der Waals surface area contributed by atoms with Gasteiger partial charge in [0.1, 0.15) is 6.54 Å². The molecule has 42 heavy (non-hydrogen) atoms. The third-order valence-electron chi connectivity index (χ3n) is 9.53. The molecule has 0 aromatic heterocycles. The molecule has 2 aromatic rings. The lowest BCUT2D eigenvalue weighted by Crippen LogP contribution is -2.53. The van der Waals surface area contributed by atoms with Crippen molar-refractivity contribution >= 4 is 22.9 Å². The van der Waals surface area contributed by atoms with Gasteiger partial charge in [-0.1, -0.05) is 62.4 Å². The van der Waals surface area contributed by atoms with E-state index in [1.807, 2.05) is 36.4 Å². The van der Waals surface area contributed by atoms with Gasteiger partial charge in [-0.05, 0) is 63.2 Å². The molecule has 3 aliphatic rings. The Morgan fingerprint density at radius 3 is 2.19 bits per heavy atom. The van der Waals surface area contributed by atoms with Crippen LogP contribution in [0.5, 0.6) is 0 Å². The highest BCUT2D eigenvalue weighted by Crippen LogP contribution is 2.49. The van der Waals surface area contributed by atoms with Crippen LogP contribution in [0.2, 0.25) is 0 Å². The van der Waals surface area contributed by atoms with E-state index in [1.54, 1.807) is 0 Å². The number of rotatable bonds is 12. The molecule has 0 radical (unpaired) electrons. The molecule has 6 heteroatoms. The number of Topliss-reactive ketones (excluding diaryl/α,β-unsaturated/α-hetero) is 1. The zero-order chi connectivity index (χ0) is 30.1. The highest BCUT2D eigenvalue weighted by molar-refractivity contribution is 6.14. The molecule has 2 aliphatic heterocycles. The predicted molar refractivity (Wildman–Crippen MR) is 166 cm³/mol. The van der Waals surface area contributed by atoms with Gasteiger partial charge in [0.15, 0.2) is 11.5 Å². The van der Waals surface area contributed by atoms with Crippen LogP contribution in [0.4, 0.5) is 11.4 Å². The van der Waals surface area contributed by atoms with E-state index in [9.17, 15) is 20.1 Å². The molecular formula is C36H46N2O4. The van der Waals surface area contributed by atoms with Crippen molar-refractivity contribution in [2.75, 3.05) is 31.2 Å². The number of aliphatic hydroxyl groups excluding tert-OH is 2. The Hall–Kier alpha value is -3.06. The van der Waals surface area contributed by atoms with Gasteiger partial charge in [-0.3, -0.25) is 4.79 Å². The summed E-state index contributed by atoms with van der Waals surface area (Å²) in [7, 11) is 0. The lowest BCUT2D eigenvalue weighted by Gasteiger charge is -2.43. The number of allylic oxidation sites excluding steroid dienone is 2. The van der Waals surface area contributed by atoms with Crippen LogP contribution in [0.25, 0.3) is 0 Å². The van der Waals surface area contributed by atoms with Gasteiger partial charge in [0, 0.05) is 66.6 Å². The Bertz CT molecular complexity index is 1420. The van der Waals surface area contributed by atoms with Crippen LogP contribution in [0.3, 0.4) is 0 Å². The van der Waals surface area contributed by atoms with Gasteiger partial charge >= 0.3 is 0 Å². The predicted octanol–water partition coefficient (Wildman–Crippen LogP) is 4.92. The number of benzene rings is 2. The second-order valence-corrected chi connectivity index (χ2v) is 13.0. The van der Waals surface area contributed by atoms with Crippen LogP contribution < -0.4 is 10.0 Å². The number of nitrogens with zero attached hydrogens (tertiary/aromatic N) is 2. The molecule has 2 N–H and O–H groups in total. The maximum Gasteiger partial charge on any atom is 0.209 e. The summed E-state index contributed by atoms with van der Waals surface area (Å²) in [6, 6.07) is 16.7. The fraction of sp³-hybridized carbons (Fsp3) is 0.500. The van der Waals surface area contributed by atoms with Gasteiger partial charge in [0.05, 0.1) is 5.41 Å². The second-order valence-electron chi connectivity index (χ2n) is 13.0. The van der Waals surface area contributed by atoms with E-state index in [-0.39, 0.29) is 29.8 Å². The summed E-state index contributed by atoms with van der Waals surface area (Å²) in [4.78, 5) is 16.0. The van der Waals surface area contributed by atoms with E-state index in [4.69, 9.17) is 0 Å². The van der Waals surface area contributed by atoms with E-state index < -0.39 is 12.0 Å².